The molecule has 1 aromatic carbocycles. The van der Waals surface area contributed by atoms with Crippen LogP contribution in [0.15, 0.2) is 24.3 Å². The minimum absolute atomic E-state index is 0.0179. The summed E-state index contributed by atoms with van der Waals surface area (Å²) in [5.41, 5.74) is 0.893. The van der Waals surface area contributed by atoms with Gasteiger partial charge in [-0.15, -0.1) is 0 Å². The molecule has 6 heteroatoms. The van der Waals surface area contributed by atoms with E-state index in [2.05, 4.69) is 5.32 Å². The zero-order valence-corrected chi connectivity index (χ0v) is 11.5. The molecule has 0 aromatic heterocycles. The second-order valence-corrected chi connectivity index (χ2v) is 7.03. The van der Waals surface area contributed by atoms with Crippen LogP contribution in [0.1, 0.15) is 18.9 Å². The van der Waals surface area contributed by atoms with E-state index in [1.54, 1.807) is 12.1 Å². The second kappa shape index (κ2) is 6.05. The van der Waals surface area contributed by atoms with E-state index in [0.29, 0.717) is 19.4 Å². The Morgan fingerprint density at radius 1 is 1.29 bits per heavy atom. The van der Waals surface area contributed by atoms with Crippen molar-refractivity contribution in [1.82, 2.24) is 5.32 Å². The molecule has 0 unspecified atom stereocenters. The number of carbonyl (C=O) groups is 1. The maximum atomic E-state index is 11.2. The van der Waals surface area contributed by atoms with E-state index < -0.39 is 14.2 Å². The van der Waals surface area contributed by atoms with E-state index >= 15 is 0 Å². The summed E-state index contributed by atoms with van der Waals surface area (Å²) in [6.45, 7) is 2.47. The van der Waals surface area contributed by atoms with Crippen molar-refractivity contribution in [3.05, 3.63) is 29.8 Å². The Bertz CT molecular complexity index is 424. The SMILES string of the molecule is CCNC(=O)CCc1ccc([As](=O)(O)O)cc1. The molecule has 0 radical (unpaired) electrons. The molecule has 0 heterocycles. The molecule has 0 saturated carbocycles. The zero-order chi connectivity index (χ0) is 12.9. The van der Waals surface area contributed by atoms with E-state index in [9.17, 15) is 8.53 Å². The van der Waals surface area contributed by atoms with Crippen LogP contribution in [0.4, 0.5) is 0 Å². The van der Waals surface area contributed by atoms with Crippen LogP contribution in [-0.2, 0) is 15.0 Å². The molecule has 0 saturated heterocycles. The molecule has 5 nitrogen and oxygen atoms in total. The number of rotatable bonds is 5. The van der Waals surface area contributed by atoms with Gasteiger partial charge >= 0.3 is 103 Å². The fourth-order valence-electron chi connectivity index (χ4n) is 1.40. The van der Waals surface area contributed by atoms with Gasteiger partial charge in [0, 0.05) is 0 Å². The molecule has 0 fully saturated rings. The van der Waals surface area contributed by atoms with Gasteiger partial charge in [-0.1, -0.05) is 0 Å². The average Bonchev–Trinajstić information content (AvgIpc) is 2.26. The zero-order valence-electron chi connectivity index (χ0n) is 9.59. The third kappa shape index (κ3) is 4.77. The summed E-state index contributed by atoms with van der Waals surface area (Å²) < 4.78 is 29.0. The van der Waals surface area contributed by atoms with Gasteiger partial charge in [-0.05, 0) is 0 Å². The van der Waals surface area contributed by atoms with Gasteiger partial charge in [0.25, 0.3) is 0 Å². The Kier molecular flexibility index (Phi) is 4.99. The van der Waals surface area contributed by atoms with Crippen molar-refractivity contribution in [1.29, 1.82) is 0 Å². The Hall–Kier alpha value is -1.03. The van der Waals surface area contributed by atoms with Gasteiger partial charge in [0.2, 0.25) is 0 Å². The molecule has 0 atom stereocenters. The van der Waals surface area contributed by atoms with Gasteiger partial charge in [0.05, 0.1) is 0 Å². The molecule has 3 N–H and O–H groups in total. The Balaban J connectivity index is 2.57. The number of carbonyl (C=O) groups excluding carboxylic acids is 1. The van der Waals surface area contributed by atoms with Crippen molar-refractivity contribution in [2.45, 2.75) is 19.8 Å². The van der Waals surface area contributed by atoms with Crippen LogP contribution in [0, 0.1) is 0 Å². The average molecular weight is 301 g/mol. The van der Waals surface area contributed by atoms with E-state index in [0.717, 1.165) is 5.56 Å². The van der Waals surface area contributed by atoms with Gasteiger partial charge in [0.15, 0.2) is 0 Å². The number of hydrogen-bond donors (Lipinski definition) is 3. The Labute approximate surface area is 103 Å². The molecule has 1 amide bonds. The Morgan fingerprint density at radius 2 is 1.88 bits per heavy atom. The number of nitrogens with one attached hydrogen (secondary N) is 1. The molecule has 0 aliphatic heterocycles. The van der Waals surface area contributed by atoms with E-state index in [-0.39, 0.29) is 10.3 Å². The van der Waals surface area contributed by atoms with Crippen LogP contribution in [0.2, 0.25) is 0 Å². The summed E-state index contributed by atoms with van der Waals surface area (Å²) in [6.07, 6.45) is 0.953. The van der Waals surface area contributed by atoms with E-state index in [4.69, 9.17) is 8.19 Å². The normalized spacial score (nSPS) is 11.2. The molecule has 0 aliphatic rings. The minimum atomic E-state index is -4.77. The first kappa shape index (κ1) is 14.0. The molecule has 0 spiro atoms. The van der Waals surface area contributed by atoms with Gasteiger partial charge in [-0.2, -0.15) is 0 Å². The topological polar surface area (TPSA) is 86.6 Å². The molecule has 1 aromatic rings. The van der Waals surface area contributed by atoms with Gasteiger partial charge in [-0.3, -0.25) is 0 Å². The van der Waals surface area contributed by atoms with Crippen LogP contribution in [0.25, 0.3) is 0 Å². The van der Waals surface area contributed by atoms with Crippen molar-refractivity contribution in [2.75, 3.05) is 6.54 Å². The van der Waals surface area contributed by atoms with Crippen LogP contribution >= 0.6 is 0 Å². The molecule has 17 heavy (non-hydrogen) atoms. The molecule has 0 bridgehead atoms. The van der Waals surface area contributed by atoms with Gasteiger partial charge < -0.3 is 0 Å². The second-order valence-electron chi connectivity index (χ2n) is 3.66. The van der Waals surface area contributed by atoms with E-state index in [1.165, 1.54) is 12.1 Å². The van der Waals surface area contributed by atoms with Crippen LogP contribution in [0.5, 0.6) is 0 Å². The summed E-state index contributed by atoms with van der Waals surface area (Å²) in [5, 5.41) is 2.69. The first-order chi connectivity index (χ1) is 7.93. The number of aryl methyl sites for hydroxylation is 1. The summed E-state index contributed by atoms with van der Waals surface area (Å²) in [5.74, 6) is -0.0179. The van der Waals surface area contributed by atoms with Crippen molar-refractivity contribution in [3.63, 3.8) is 0 Å². The van der Waals surface area contributed by atoms with Crippen LogP contribution in [0.3, 0.4) is 0 Å². The summed E-state index contributed by atoms with van der Waals surface area (Å²) >= 11 is -4.77. The predicted octanol–water partition coefficient (Wildman–Crippen LogP) is -0.684. The molecular weight excluding hydrogens is 285 g/mol. The maximum absolute atomic E-state index is 11.2. The third-order valence-corrected chi connectivity index (χ3v) is 4.32. The fourth-order valence-corrected chi connectivity index (χ4v) is 2.53. The molecular formula is C11H16AsNO4. The van der Waals surface area contributed by atoms with Gasteiger partial charge in [-0.25, -0.2) is 0 Å². The van der Waals surface area contributed by atoms with Crippen LogP contribution < -0.4 is 9.67 Å². The predicted molar refractivity (Wildman–Crippen MR) is 64.0 cm³/mol. The van der Waals surface area contributed by atoms with Crippen molar-refractivity contribution < 1.29 is 16.7 Å². The number of hydrogen-bond acceptors (Lipinski definition) is 2. The standard InChI is InChI=1S/C11H16AsNO4/c1-2-13-11(14)8-5-9-3-6-10(7-4-9)12(15,16)17/h3-4,6-7H,2,5,8H2,1H3,(H,13,14)(H2,15,16,17). The van der Waals surface area contributed by atoms with Gasteiger partial charge in [0.1, 0.15) is 0 Å². The summed E-state index contributed by atoms with van der Waals surface area (Å²) in [6, 6.07) is 6.14. The van der Waals surface area contributed by atoms with Crippen molar-refractivity contribution >= 4 is 24.4 Å². The van der Waals surface area contributed by atoms with Crippen molar-refractivity contribution in [3.8, 4) is 0 Å². The number of amides is 1. The first-order valence-electron chi connectivity index (χ1n) is 5.35. The van der Waals surface area contributed by atoms with Crippen molar-refractivity contribution in [2.24, 2.45) is 0 Å². The first-order valence-corrected chi connectivity index (χ1v) is 8.73. The third-order valence-electron chi connectivity index (χ3n) is 2.29. The molecule has 1 rings (SSSR count). The Morgan fingerprint density at radius 3 is 2.35 bits per heavy atom. The monoisotopic (exact) mass is 301 g/mol. The van der Waals surface area contributed by atoms with Crippen LogP contribution in [-0.4, -0.2) is 34.8 Å². The number of benzene rings is 1. The quantitative estimate of drug-likeness (QED) is 0.629. The molecule has 94 valence electrons. The molecule has 0 aliphatic carbocycles. The van der Waals surface area contributed by atoms with E-state index in [1.807, 2.05) is 6.92 Å². The fraction of sp³-hybridized carbons (Fsp3) is 0.364. The summed E-state index contributed by atoms with van der Waals surface area (Å²) in [4.78, 5) is 11.2. The summed E-state index contributed by atoms with van der Waals surface area (Å²) in [7, 11) is 0.